The Hall–Kier alpha value is -1.90. The Morgan fingerprint density at radius 2 is 1.79 bits per heavy atom. The molecule has 1 aliphatic rings. The van der Waals surface area contributed by atoms with Gasteiger partial charge in [0.1, 0.15) is 11.6 Å². The van der Waals surface area contributed by atoms with Gasteiger partial charge in [-0.25, -0.2) is 8.78 Å². The smallest absolute Gasteiger partial charge is 0.146 e. The van der Waals surface area contributed by atoms with Gasteiger partial charge >= 0.3 is 0 Å². The zero-order valence-electron chi connectivity index (χ0n) is 10.5. The molecule has 0 bridgehead atoms. The van der Waals surface area contributed by atoms with Crippen LogP contribution in [0.1, 0.15) is 30.7 Å². The fourth-order valence-electron chi connectivity index (χ4n) is 2.49. The molecule has 1 nitrogen and oxygen atoms in total. The molecule has 19 heavy (non-hydrogen) atoms. The summed E-state index contributed by atoms with van der Waals surface area (Å²) in [6.45, 7) is 0. The number of rotatable bonds is 2. The lowest BCUT2D eigenvalue weighted by atomic mass is 9.79. The molecular weight excluding hydrogens is 244 g/mol. The Kier molecular flexibility index (Phi) is 2.97. The molecule has 0 atom stereocenters. The minimum atomic E-state index is -0.578. The minimum Gasteiger partial charge on any atom is -0.396 e. The Balaban J connectivity index is 2.04. The fraction of sp³-hybridized carbons (Fsp3) is 0.250. The van der Waals surface area contributed by atoms with Crippen LogP contribution in [0.25, 0.3) is 11.1 Å². The van der Waals surface area contributed by atoms with Gasteiger partial charge in [-0.1, -0.05) is 30.7 Å². The van der Waals surface area contributed by atoms with Crippen molar-refractivity contribution in [3.8, 4) is 11.1 Å². The Labute approximate surface area is 111 Å². The molecule has 0 aromatic heterocycles. The normalized spacial score (nSPS) is 15.3. The van der Waals surface area contributed by atoms with E-state index in [-0.39, 0.29) is 11.3 Å². The number of benzene rings is 2. The lowest BCUT2D eigenvalue weighted by molar-refractivity contribution is 0.420. The summed E-state index contributed by atoms with van der Waals surface area (Å²) in [5, 5.41) is 0. The molecule has 3 rings (SSSR count). The van der Waals surface area contributed by atoms with Crippen molar-refractivity contribution < 1.29 is 8.78 Å². The van der Waals surface area contributed by atoms with E-state index in [4.69, 9.17) is 5.73 Å². The Bertz CT molecular complexity index is 618. The largest absolute Gasteiger partial charge is 0.396 e. The third-order valence-corrected chi connectivity index (χ3v) is 3.86. The molecule has 0 saturated heterocycles. The highest BCUT2D eigenvalue weighted by atomic mass is 19.1. The SMILES string of the molecule is Nc1cc(F)c(-c2cccc(C3CCC3)c2)cc1F. The molecule has 0 aliphatic heterocycles. The first kappa shape index (κ1) is 12.2. The number of nitrogen functional groups attached to an aromatic ring is 1. The fourth-order valence-corrected chi connectivity index (χ4v) is 2.49. The van der Waals surface area contributed by atoms with E-state index in [1.165, 1.54) is 30.9 Å². The lowest BCUT2D eigenvalue weighted by Gasteiger charge is -2.26. The first-order chi connectivity index (χ1) is 9.15. The van der Waals surface area contributed by atoms with Gasteiger partial charge < -0.3 is 5.73 Å². The summed E-state index contributed by atoms with van der Waals surface area (Å²) >= 11 is 0. The third kappa shape index (κ3) is 2.21. The summed E-state index contributed by atoms with van der Waals surface area (Å²) in [4.78, 5) is 0. The van der Waals surface area contributed by atoms with E-state index < -0.39 is 11.6 Å². The van der Waals surface area contributed by atoms with Crippen LogP contribution in [0.2, 0.25) is 0 Å². The number of halogens is 2. The van der Waals surface area contributed by atoms with Crippen LogP contribution in [0, 0.1) is 11.6 Å². The molecule has 0 radical (unpaired) electrons. The summed E-state index contributed by atoms with van der Waals surface area (Å²) in [7, 11) is 0. The second kappa shape index (κ2) is 4.65. The van der Waals surface area contributed by atoms with Crippen LogP contribution < -0.4 is 5.73 Å². The quantitative estimate of drug-likeness (QED) is 0.790. The monoisotopic (exact) mass is 259 g/mol. The predicted octanol–water partition coefficient (Wildman–Crippen LogP) is 4.48. The number of anilines is 1. The van der Waals surface area contributed by atoms with Crippen molar-refractivity contribution in [2.24, 2.45) is 0 Å². The van der Waals surface area contributed by atoms with E-state index in [1.54, 1.807) is 6.07 Å². The highest BCUT2D eigenvalue weighted by Crippen LogP contribution is 2.38. The van der Waals surface area contributed by atoms with E-state index in [2.05, 4.69) is 6.07 Å². The van der Waals surface area contributed by atoms with Crippen molar-refractivity contribution in [1.82, 2.24) is 0 Å². The van der Waals surface area contributed by atoms with E-state index >= 15 is 0 Å². The van der Waals surface area contributed by atoms with E-state index in [0.717, 1.165) is 6.07 Å². The molecule has 0 spiro atoms. The van der Waals surface area contributed by atoms with Crippen LogP contribution >= 0.6 is 0 Å². The summed E-state index contributed by atoms with van der Waals surface area (Å²) < 4.78 is 27.4. The van der Waals surface area contributed by atoms with Crippen molar-refractivity contribution in [2.45, 2.75) is 25.2 Å². The van der Waals surface area contributed by atoms with Crippen LogP contribution in [-0.2, 0) is 0 Å². The summed E-state index contributed by atoms with van der Waals surface area (Å²) in [5.41, 5.74) is 7.39. The van der Waals surface area contributed by atoms with E-state index in [9.17, 15) is 8.78 Å². The van der Waals surface area contributed by atoms with Gasteiger partial charge in [-0.2, -0.15) is 0 Å². The molecule has 98 valence electrons. The van der Waals surface area contributed by atoms with Crippen LogP contribution in [0.5, 0.6) is 0 Å². The molecule has 0 unspecified atom stereocenters. The van der Waals surface area contributed by atoms with Crippen LogP contribution in [0.3, 0.4) is 0 Å². The number of nitrogens with two attached hydrogens (primary N) is 1. The van der Waals surface area contributed by atoms with Crippen molar-refractivity contribution >= 4 is 5.69 Å². The zero-order chi connectivity index (χ0) is 13.4. The molecule has 2 aromatic rings. The first-order valence-corrected chi connectivity index (χ1v) is 6.50. The first-order valence-electron chi connectivity index (χ1n) is 6.50. The van der Waals surface area contributed by atoms with Crippen molar-refractivity contribution in [3.63, 3.8) is 0 Å². The van der Waals surface area contributed by atoms with Gasteiger partial charge in [0.05, 0.1) is 5.69 Å². The van der Waals surface area contributed by atoms with Gasteiger partial charge in [0, 0.05) is 11.6 Å². The van der Waals surface area contributed by atoms with Crippen molar-refractivity contribution in [3.05, 3.63) is 53.6 Å². The van der Waals surface area contributed by atoms with Gasteiger partial charge in [-0.15, -0.1) is 0 Å². The molecule has 0 amide bonds. The maximum absolute atomic E-state index is 13.9. The molecule has 2 aromatic carbocycles. The van der Waals surface area contributed by atoms with Crippen LogP contribution in [-0.4, -0.2) is 0 Å². The maximum atomic E-state index is 13.9. The Morgan fingerprint density at radius 3 is 2.47 bits per heavy atom. The minimum absolute atomic E-state index is 0.156. The second-order valence-corrected chi connectivity index (χ2v) is 5.11. The van der Waals surface area contributed by atoms with Crippen molar-refractivity contribution in [2.75, 3.05) is 5.73 Å². The van der Waals surface area contributed by atoms with Crippen LogP contribution in [0.4, 0.5) is 14.5 Å². The second-order valence-electron chi connectivity index (χ2n) is 5.11. The topological polar surface area (TPSA) is 26.0 Å². The molecule has 1 saturated carbocycles. The van der Waals surface area contributed by atoms with Gasteiger partial charge in [-0.3, -0.25) is 0 Å². The Morgan fingerprint density at radius 1 is 1.00 bits per heavy atom. The molecule has 2 N–H and O–H groups in total. The molecule has 1 aliphatic carbocycles. The lowest BCUT2D eigenvalue weighted by Crippen LogP contribution is -2.08. The summed E-state index contributed by atoms with van der Waals surface area (Å²) in [5.74, 6) is -0.489. The van der Waals surface area contributed by atoms with E-state index in [0.29, 0.717) is 11.5 Å². The van der Waals surface area contributed by atoms with Crippen molar-refractivity contribution in [1.29, 1.82) is 0 Å². The maximum Gasteiger partial charge on any atom is 0.146 e. The van der Waals surface area contributed by atoms with Gasteiger partial charge in [0.25, 0.3) is 0 Å². The van der Waals surface area contributed by atoms with Gasteiger partial charge in [0.2, 0.25) is 0 Å². The number of hydrogen-bond donors (Lipinski definition) is 1. The zero-order valence-corrected chi connectivity index (χ0v) is 10.5. The average molecular weight is 259 g/mol. The summed E-state index contributed by atoms with van der Waals surface area (Å²) in [6.07, 6.45) is 3.61. The van der Waals surface area contributed by atoms with Gasteiger partial charge in [-0.05, 0) is 36.0 Å². The van der Waals surface area contributed by atoms with Crippen LogP contribution in [0.15, 0.2) is 36.4 Å². The molecule has 0 heterocycles. The average Bonchev–Trinajstić information content (AvgIpc) is 2.32. The molecular formula is C16H15F2N. The standard InChI is InChI=1S/C16H15F2N/c17-14-9-16(19)15(18)8-13(14)12-6-2-5-11(7-12)10-3-1-4-10/h2,5-10H,1,3-4,19H2. The molecule has 1 fully saturated rings. The third-order valence-electron chi connectivity index (χ3n) is 3.86. The number of hydrogen-bond acceptors (Lipinski definition) is 1. The molecule has 3 heteroatoms. The van der Waals surface area contributed by atoms with E-state index in [1.807, 2.05) is 12.1 Å². The van der Waals surface area contributed by atoms with Gasteiger partial charge in [0.15, 0.2) is 0 Å². The highest BCUT2D eigenvalue weighted by Gasteiger charge is 2.20. The highest BCUT2D eigenvalue weighted by molar-refractivity contribution is 5.67. The summed E-state index contributed by atoms with van der Waals surface area (Å²) in [6, 6.07) is 9.93. The predicted molar refractivity (Wildman–Crippen MR) is 72.8 cm³/mol.